The molecule has 0 spiro atoms. The second-order valence-electron chi connectivity index (χ2n) is 6.19. The topological polar surface area (TPSA) is 54.5 Å². The molecule has 1 saturated heterocycles. The van der Waals surface area contributed by atoms with Crippen molar-refractivity contribution >= 4 is 32.8 Å². The number of ether oxygens (including phenoxy) is 1. The molecule has 1 aromatic heterocycles. The second kappa shape index (κ2) is 8.33. The molecule has 1 amide bonds. The van der Waals surface area contributed by atoms with Gasteiger partial charge in [0, 0.05) is 19.6 Å². The molecule has 0 radical (unpaired) electrons. The summed E-state index contributed by atoms with van der Waals surface area (Å²) in [6.07, 6.45) is 4.35. The Balaban J connectivity index is 1.35. The summed E-state index contributed by atoms with van der Waals surface area (Å²) in [6.45, 7) is 4.92. The van der Waals surface area contributed by atoms with E-state index in [1.165, 1.54) is 11.1 Å². The first kappa shape index (κ1) is 17.0. The van der Waals surface area contributed by atoms with Crippen molar-refractivity contribution in [2.24, 2.45) is 5.92 Å². The maximum absolute atomic E-state index is 11.7. The van der Waals surface area contributed by atoms with E-state index in [0.717, 1.165) is 49.5 Å². The number of hydrogen-bond donors (Lipinski definition) is 1. The number of para-hydroxylation sites is 1. The monoisotopic (exact) mass is 347 g/mol. The van der Waals surface area contributed by atoms with Crippen LogP contribution < -0.4 is 5.32 Å². The first-order chi connectivity index (χ1) is 11.8. The highest BCUT2D eigenvalue weighted by Crippen LogP contribution is 2.26. The highest BCUT2D eigenvalue weighted by molar-refractivity contribution is 7.22. The average Bonchev–Trinajstić information content (AvgIpc) is 3.02. The van der Waals surface area contributed by atoms with E-state index in [9.17, 15) is 4.79 Å². The zero-order chi connectivity index (χ0) is 16.8. The molecule has 1 N–H and O–H groups in total. The van der Waals surface area contributed by atoms with Gasteiger partial charge in [-0.3, -0.25) is 0 Å². The maximum atomic E-state index is 11.7. The fourth-order valence-electron chi connectivity index (χ4n) is 3.15. The molecule has 2 aromatic rings. The van der Waals surface area contributed by atoms with Crippen LogP contribution in [0.3, 0.4) is 0 Å². The minimum atomic E-state index is -0.159. The molecule has 3 rings (SSSR count). The van der Waals surface area contributed by atoms with Crippen LogP contribution in [0.2, 0.25) is 0 Å². The number of aromatic nitrogens is 1. The van der Waals surface area contributed by atoms with Gasteiger partial charge in [0.25, 0.3) is 0 Å². The largest absolute Gasteiger partial charge is 0.450 e. The van der Waals surface area contributed by atoms with Crippen molar-refractivity contribution in [1.29, 1.82) is 0 Å². The lowest BCUT2D eigenvalue weighted by molar-refractivity contribution is 0.0908. The molecule has 0 atom stereocenters. The second-order valence-corrected chi connectivity index (χ2v) is 7.22. The van der Waals surface area contributed by atoms with Crippen LogP contribution >= 0.6 is 11.3 Å². The molecule has 130 valence electrons. The Morgan fingerprint density at radius 3 is 2.92 bits per heavy atom. The predicted octanol–water partition coefficient (Wildman–Crippen LogP) is 4.36. The third-order valence-electron chi connectivity index (χ3n) is 4.50. The van der Waals surface area contributed by atoms with E-state index >= 15 is 0 Å². The van der Waals surface area contributed by atoms with Gasteiger partial charge in [-0.05, 0) is 50.7 Å². The van der Waals surface area contributed by atoms with Gasteiger partial charge in [0.05, 0.1) is 16.8 Å². The number of benzene rings is 1. The summed E-state index contributed by atoms with van der Waals surface area (Å²) in [6, 6.07) is 8.23. The molecule has 2 heterocycles. The number of thiazole rings is 1. The summed E-state index contributed by atoms with van der Waals surface area (Å²) in [4.78, 5) is 18.1. The van der Waals surface area contributed by atoms with Crippen LogP contribution in [0.25, 0.3) is 10.2 Å². The van der Waals surface area contributed by atoms with Gasteiger partial charge < -0.3 is 15.0 Å². The zero-order valence-corrected chi connectivity index (χ0v) is 15.0. The third kappa shape index (κ3) is 4.38. The smallest absolute Gasteiger partial charge is 0.409 e. The molecule has 1 fully saturated rings. The highest BCUT2D eigenvalue weighted by Gasteiger charge is 2.23. The number of carbonyl (C=O) groups excluding carboxylic acids is 1. The van der Waals surface area contributed by atoms with E-state index in [0.29, 0.717) is 12.5 Å². The van der Waals surface area contributed by atoms with E-state index < -0.39 is 0 Å². The Kier molecular flexibility index (Phi) is 5.91. The van der Waals surface area contributed by atoms with Crippen LogP contribution in [-0.2, 0) is 4.74 Å². The van der Waals surface area contributed by atoms with Crippen molar-refractivity contribution in [3.05, 3.63) is 24.3 Å². The highest BCUT2D eigenvalue weighted by atomic mass is 32.1. The third-order valence-corrected chi connectivity index (χ3v) is 5.49. The van der Waals surface area contributed by atoms with Crippen molar-refractivity contribution < 1.29 is 9.53 Å². The first-order valence-corrected chi connectivity index (χ1v) is 9.59. The number of fused-ring (bicyclic) bond motifs is 1. The molecule has 6 heteroatoms. The lowest BCUT2D eigenvalue weighted by atomic mass is 9.92. The number of nitrogens with one attached hydrogen (secondary N) is 1. The van der Waals surface area contributed by atoms with Gasteiger partial charge >= 0.3 is 6.09 Å². The quantitative estimate of drug-likeness (QED) is 0.789. The molecule has 1 aliphatic rings. The van der Waals surface area contributed by atoms with Crippen LogP contribution in [0.4, 0.5) is 9.93 Å². The summed E-state index contributed by atoms with van der Waals surface area (Å²) < 4.78 is 6.29. The van der Waals surface area contributed by atoms with Crippen molar-refractivity contribution in [1.82, 2.24) is 9.88 Å². The van der Waals surface area contributed by atoms with Gasteiger partial charge in [-0.25, -0.2) is 9.78 Å². The number of amides is 1. The van der Waals surface area contributed by atoms with Gasteiger partial charge in [-0.1, -0.05) is 23.5 Å². The van der Waals surface area contributed by atoms with Crippen LogP contribution in [-0.4, -0.2) is 42.2 Å². The number of anilines is 1. The van der Waals surface area contributed by atoms with Crippen LogP contribution in [0.15, 0.2) is 24.3 Å². The molecule has 0 bridgehead atoms. The molecule has 24 heavy (non-hydrogen) atoms. The maximum Gasteiger partial charge on any atom is 0.409 e. The number of rotatable bonds is 6. The number of likely N-dealkylation sites (tertiary alicyclic amines) is 1. The summed E-state index contributed by atoms with van der Waals surface area (Å²) in [5.41, 5.74) is 1.07. The minimum Gasteiger partial charge on any atom is -0.450 e. The Morgan fingerprint density at radius 2 is 2.17 bits per heavy atom. The van der Waals surface area contributed by atoms with E-state index in [4.69, 9.17) is 4.74 Å². The van der Waals surface area contributed by atoms with Crippen LogP contribution in [0, 0.1) is 5.92 Å². The predicted molar refractivity (Wildman–Crippen MR) is 98.7 cm³/mol. The molecule has 1 aromatic carbocycles. The van der Waals surface area contributed by atoms with E-state index in [1.54, 1.807) is 11.3 Å². The Bertz CT molecular complexity index is 632. The Labute approximate surface area is 147 Å². The first-order valence-electron chi connectivity index (χ1n) is 8.77. The van der Waals surface area contributed by atoms with Crippen LogP contribution in [0.5, 0.6) is 0 Å². The van der Waals surface area contributed by atoms with Crippen molar-refractivity contribution in [2.75, 3.05) is 31.6 Å². The summed E-state index contributed by atoms with van der Waals surface area (Å²) in [5.74, 6) is 0.716. The van der Waals surface area contributed by atoms with Crippen molar-refractivity contribution in [2.45, 2.75) is 32.6 Å². The standard InChI is InChI=1S/C18H25N3O2S/c1-2-23-18(22)21-12-9-14(10-13-21)6-5-11-19-17-20-15-7-3-4-8-16(15)24-17/h3-4,7-8,14H,2,5-6,9-13H2,1H3,(H,19,20). The van der Waals surface area contributed by atoms with Gasteiger partial charge in [0.15, 0.2) is 5.13 Å². The zero-order valence-electron chi connectivity index (χ0n) is 14.2. The van der Waals surface area contributed by atoms with E-state index in [2.05, 4.69) is 16.4 Å². The summed E-state index contributed by atoms with van der Waals surface area (Å²) in [7, 11) is 0. The Hall–Kier alpha value is -1.82. The number of carbonyl (C=O) groups is 1. The average molecular weight is 347 g/mol. The number of hydrogen-bond acceptors (Lipinski definition) is 5. The van der Waals surface area contributed by atoms with E-state index in [1.807, 2.05) is 30.0 Å². The van der Waals surface area contributed by atoms with Crippen LogP contribution in [0.1, 0.15) is 32.6 Å². The fourth-order valence-corrected chi connectivity index (χ4v) is 4.04. The van der Waals surface area contributed by atoms with Crippen molar-refractivity contribution in [3.8, 4) is 0 Å². The van der Waals surface area contributed by atoms with Gasteiger partial charge in [-0.2, -0.15) is 0 Å². The molecular weight excluding hydrogens is 322 g/mol. The lowest BCUT2D eigenvalue weighted by Gasteiger charge is -2.31. The summed E-state index contributed by atoms with van der Waals surface area (Å²) in [5, 5.41) is 4.45. The van der Waals surface area contributed by atoms with E-state index in [-0.39, 0.29) is 6.09 Å². The molecule has 0 saturated carbocycles. The van der Waals surface area contributed by atoms with Crippen molar-refractivity contribution in [3.63, 3.8) is 0 Å². The minimum absolute atomic E-state index is 0.159. The van der Waals surface area contributed by atoms with Gasteiger partial charge in [0.2, 0.25) is 0 Å². The Morgan fingerprint density at radius 1 is 1.38 bits per heavy atom. The number of piperidine rings is 1. The number of nitrogens with zero attached hydrogens (tertiary/aromatic N) is 2. The molecule has 5 nitrogen and oxygen atoms in total. The van der Waals surface area contributed by atoms with Gasteiger partial charge in [0.1, 0.15) is 0 Å². The fraction of sp³-hybridized carbons (Fsp3) is 0.556. The molecule has 1 aliphatic heterocycles. The van der Waals surface area contributed by atoms with Gasteiger partial charge in [-0.15, -0.1) is 0 Å². The molecule has 0 aliphatic carbocycles. The normalized spacial score (nSPS) is 15.6. The summed E-state index contributed by atoms with van der Waals surface area (Å²) >= 11 is 1.71. The SMILES string of the molecule is CCOC(=O)N1CCC(CCCNc2nc3ccccc3s2)CC1. The molecular formula is C18H25N3O2S. The lowest BCUT2D eigenvalue weighted by Crippen LogP contribution is -2.38. The molecule has 0 unspecified atom stereocenters.